The van der Waals surface area contributed by atoms with E-state index in [0.717, 1.165) is 6.07 Å². The maximum Gasteiger partial charge on any atom is 0.228 e. The van der Waals surface area contributed by atoms with Gasteiger partial charge in [0.25, 0.3) is 0 Å². The van der Waals surface area contributed by atoms with Crippen LogP contribution in [0.25, 0.3) is 6.08 Å². The van der Waals surface area contributed by atoms with Crippen LogP contribution in [0.5, 0.6) is 34.5 Å². The van der Waals surface area contributed by atoms with E-state index in [1.807, 2.05) is 0 Å². The summed E-state index contributed by atoms with van der Waals surface area (Å²) in [7, 11) is 1.23. The van der Waals surface area contributed by atoms with Gasteiger partial charge in [-0.1, -0.05) is 0 Å². The Kier molecular flexibility index (Phi) is 8.99. The van der Waals surface area contributed by atoms with E-state index < -0.39 is 91.4 Å². The van der Waals surface area contributed by atoms with Crippen LogP contribution in [0.1, 0.15) is 24.2 Å². The minimum absolute atomic E-state index is 0.00549. The van der Waals surface area contributed by atoms with Crippen molar-refractivity contribution in [1.82, 2.24) is 0 Å². The summed E-state index contributed by atoms with van der Waals surface area (Å²) < 4.78 is 33.4. The zero-order chi connectivity index (χ0) is 32.0. The highest BCUT2D eigenvalue weighted by Crippen LogP contribution is 2.47. The largest absolute Gasteiger partial charge is 0.508 e. The van der Waals surface area contributed by atoms with Crippen molar-refractivity contribution in [3.8, 4) is 34.5 Å². The molecular formula is C28H34O16. The second-order valence-corrected chi connectivity index (χ2v) is 10.7. The number of methoxy groups -OCH3 is 1. The number of aromatic hydroxyl groups is 4. The molecule has 0 aliphatic carbocycles. The van der Waals surface area contributed by atoms with Crippen LogP contribution in [-0.2, 0) is 18.9 Å². The molecule has 3 heterocycles. The van der Waals surface area contributed by atoms with Gasteiger partial charge < -0.3 is 79.5 Å². The van der Waals surface area contributed by atoms with Gasteiger partial charge >= 0.3 is 0 Å². The summed E-state index contributed by atoms with van der Waals surface area (Å²) in [6.07, 6.45) is -15.4. The summed E-state index contributed by atoms with van der Waals surface area (Å²) in [6, 6.07) is 4.64. The summed E-state index contributed by atoms with van der Waals surface area (Å²) in [4.78, 5) is 0. The number of phenolic OH excluding ortho intramolecular Hbond substituents is 4. The van der Waals surface area contributed by atoms with E-state index in [4.69, 9.17) is 28.4 Å². The highest BCUT2D eigenvalue weighted by Gasteiger charge is 2.48. The Morgan fingerprint density at radius 1 is 0.727 bits per heavy atom. The summed E-state index contributed by atoms with van der Waals surface area (Å²) in [5, 5.41) is 103. The fourth-order valence-electron chi connectivity index (χ4n) is 5.18. The Hall–Kier alpha value is -3.58. The average Bonchev–Trinajstić information content (AvgIpc) is 2.97. The number of phenols is 4. The second-order valence-electron chi connectivity index (χ2n) is 10.7. The van der Waals surface area contributed by atoms with Crippen molar-refractivity contribution in [2.24, 2.45) is 0 Å². The van der Waals surface area contributed by atoms with Gasteiger partial charge in [-0.05, 0) is 25.1 Å². The van der Waals surface area contributed by atoms with Gasteiger partial charge in [0.15, 0.2) is 23.9 Å². The Morgan fingerprint density at radius 3 is 2.02 bits per heavy atom. The normalized spacial score (nSPS) is 35.3. The molecule has 16 nitrogen and oxygen atoms in total. The fraction of sp³-hybridized carbons (Fsp3) is 0.500. The number of hydrogen-bond acceptors (Lipinski definition) is 16. The van der Waals surface area contributed by atoms with Crippen molar-refractivity contribution >= 4 is 6.08 Å². The smallest absolute Gasteiger partial charge is 0.228 e. The molecule has 10 N–H and O–H groups in total. The van der Waals surface area contributed by atoms with Crippen LogP contribution in [-0.4, -0.2) is 126 Å². The van der Waals surface area contributed by atoms with Crippen molar-refractivity contribution in [3.05, 3.63) is 41.2 Å². The van der Waals surface area contributed by atoms with Crippen molar-refractivity contribution in [1.29, 1.82) is 0 Å². The number of hydrogen-bond donors (Lipinski definition) is 10. The van der Waals surface area contributed by atoms with Gasteiger partial charge in [0.05, 0.1) is 25.4 Å². The first kappa shape index (κ1) is 31.8. The molecule has 0 saturated carbocycles. The van der Waals surface area contributed by atoms with Gasteiger partial charge in [0.1, 0.15) is 65.7 Å². The van der Waals surface area contributed by atoms with E-state index in [-0.39, 0.29) is 34.1 Å². The highest BCUT2D eigenvalue weighted by atomic mass is 16.7. The zero-order valence-electron chi connectivity index (χ0n) is 23.4. The van der Waals surface area contributed by atoms with Gasteiger partial charge in [-0.15, -0.1) is 0 Å². The Morgan fingerprint density at radius 2 is 1.36 bits per heavy atom. The van der Waals surface area contributed by atoms with E-state index in [2.05, 4.69) is 0 Å². The van der Waals surface area contributed by atoms with E-state index in [1.165, 1.54) is 38.3 Å². The molecule has 2 fully saturated rings. The van der Waals surface area contributed by atoms with Crippen LogP contribution < -0.4 is 9.47 Å². The third-order valence-electron chi connectivity index (χ3n) is 7.63. The first-order valence-electron chi connectivity index (χ1n) is 13.5. The molecule has 11 atom stereocenters. The van der Waals surface area contributed by atoms with Gasteiger partial charge in [-0.3, -0.25) is 0 Å². The van der Waals surface area contributed by atoms with Crippen molar-refractivity contribution < 1.29 is 79.5 Å². The van der Waals surface area contributed by atoms with Gasteiger partial charge in [-0.2, -0.15) is 0 Å². The molecule has 242 valence electrons. The van der Waals surface area contributed by atoms with Crippen LogP contribution in [0.3, 0.4) is 0 Å². The maximum atomic E-state index is 10.7. The molecule has 0 spiro atoms. The van der Waals surface area contributed by atoms with E-state index >= 15 is 0 Å². The first-order chi connectivity index (χ1) is 20.8. The van der Waals surface area contributed by atoms with E-state index in [0.29, 0.717) is 0 Å². The van der Waals surface area contributed by atoms with Crippen LogP contribution in [0.4, 0.5) is 0 Å². The number of aliphatic hydroxyl groups excluding tert-OH is 6. The number of ether oxygens (including phenoxy) is 6. The molecule has 3 aliphatic rings. The molecule has 3 aliphatic heterocycles. The van der Waals surface area contributed by atoms with E-state index in [9.17, 15) is 51.1 Å². The average molecular weight is 627 g/mol. The molecule has 2 saturated heterocycles. The van der Waals surface area contributed by atoms with Crippen LogP contribution >= 0.6 is 0 Å². The molecule has 2 aromatic carbocycles. The topological polar surface area (TPSA) is 258 Å². The Bertz CT molecular complexity index is 1360. The molecular weight excluding hydrogens is 592 g/mol. The van der Waals surface area contributed by atoms with Gasteiger partial charge in [0, 0.05) is 17.7 Å². The van der Waals surface area contributed by atoms with Crippen molar-refractivity contribution in [2.45, 2.75) is 74.4 Å². The lowest BCUT2D eigenvalue weighted by atomic mass is 9.98. The quantitative estimate of drug-likeness (QED) is 0.171. The van der Waals surface area contributed by atoms with Crippen molar-refractivity contribution in [3.63, 3.8) is 0 Å². The standard InChI is InChI=1S/C28H34O16/c1-9-19(33)21(35)23(37)27(41-9)40-8-18-20(34)22(36)24(38)28(44-18)43-17-7-12-13(30)5-11(29)6-16(12)42-25(17)10-3-14(31)26(39-2)15(32)4-10/h3-7,9,18-25,27-38H,8H2,1-2H3. The maximum absolute atomic E-state index is 10.7. The third-order valence-corrected chi connectivity index (χ3v) is 7.63. The molecule has 16 heteroatoms. The Labute approximate surface area is 249 Å². The first-order valence-corrected chi connectivity index (χ1v) is 13.5. The predicted octanol–water partition coefficient (Wildman–Crippen LogP) is -1.34. The number of benzene rings is 2. The molecule has 11 unspecified atom stereocenters. The minimum Gasteiger partial charge on any atom is -0.508 e. The molecule has 0 aromatic heterocycles. The minimum atomic E-state index is -1.84. The number of aliphatic hydroxyl groups is 6. The summed E-state index contributed by atoms with van der Waals surface area (Å²) in [5.41, 5.74) is 0.157. The molecule has 0 amide bonds. The summed E-state index contributed by atoms with van der Waals surface area (Å²) >= 11 is 0. The summed E-state index contributed by atoms with van der Waals surface area (Å²) in [6.45, 7) is 0.909. The monoisotopic (exact) mass is 626 g/mol. The van der Waals surface area contributed by atoms with Gasteiger partial charge in [-0.25, -0.2) is 0 Å². The Balaban J connectivity index is 1.42. The van der Waals surface area contributed by atoms with Crippen LogP contribution in [0.2, 0.25) is 0 Å². The molecule has 44 heavy (non-hydrogen) atoms. The summed E-state index contributed by atoms with van der Waals surface area (Å²) in [5.74, 6) is -2.04. The molecule has 5 rings (SSSR count). The number of rotatable bonds is 7. The SMILES string of the molecule is COc1c(O)cc(C2Oc3cc(O)cc(O)c3C=C2OC2OC(COC3OC(C)C(O)C(O)C3O)C(O)C(O)C2O)cc1O. The fourth-order valence-corrected chi connectivity index (χ4v) is 5.18. The third kappa shape index (κ3) is 5.91. The highest BCUT2D eigenvalue weighted by molar-refractivity contribution is 5.70. The lowest BCUT2D eigenvalue weighted by Crippen LogP contribution is -2.61. The molecule has 0 radical (unpaired) electrons. The van der Waals surface area contributed by atoms with Crippen molar-refractivity contribution in [2.75, 3.05) is 13.7 Å². The van der Waals surface area contributed by atoms with Crippen LogP contribution in [0.15, 0.2) is 30.0 Å². The van der Waals surface area contributed by atoms with Crippen LogP contribution in [0, 0.1) is 0 Å². The van der Waals surface area contributed by atoms with E-state index in [1.54, 1.807) is 0 Å². The molecule has 0 bridgehead atoms. The number of fused-ring (bicyclic) bond motifs is 1. The second kappa shape index (κ2) is 12.4. The predicted molar refractivity (Wildman–Crippen MR) is 144 cm³/mol. The molecule has 2 aromatic rings. The van der Waals surface area contributed by atoms with Gasteiger partial charge in [0.2, 0.25) is 12.0 Å². The zero-order valence-corrected chi connectivity index (χ0v) is 23.4. The lowest BCUT2D eigenvalue weighted by molar-refractivity contribution is -0.324. The lowest BCUT2D eigenvalue weighted by Gasteiger charge is -2.43.